The number of aliphatic hydroxyl groups is 3. The minimum atomic E-state index is -0.867. The van der Waals surface area contributed by atoms with Crippen LogP contribution >= 0.6 is 0 Å². The minimum absolute atomic E-state index is 0.0297. The van der Waals surface area contributed by atoms with Gasteiger partial charge in [0.15, 0.2) is 23.0 Å². The summed E-state index contributed by atoms with van der Waals surface area (Å²) in [7, 11) is 4.41. The van der Waals surface area contributed by atoms with E-state index in [1.54, 1.807) is 24.3 Å². The van der Waals surface area contributed by atoms with Gasteiger partial charge in [-0.1, -0.05) is 6.07 Å². The minimum Gasteiger partial charge on any atom is -0.504 e. The Morgan fingerprint density at radius 3 is 2.11 bits per heavy atom. The summed E-state index contributed by atoms with van der Waals surface area (Å²) in [4.78, 5) is 0. The van der Waals surface area contributed by atoms with Crippen LogP contribution in [0.3, 0.4) is 0 Å². The third-order valence-electron chi connectivity index (χ3n) is 8.19. The van der Waals surface area contributed by atoms with Gasteiger partial charge in [-0.25, -0.2) is 0 Å². The molecule has 0 aliphatic heterocycles. The van der Waals surface area contributed by atoms with Crippen LogP contribution in [0.2, 0.25) is 0 Å². The van der Waals surface area contributed by atoms with Crippen molar-refractivity contribution < 1.29 is 44.5 Å². The molecule has 2 saturated carbocycles. The number of phenols is 2. The highest BCUT2D eigenvalue weighted by molar-refractivity contribution is 5.53. The molecule has 2 aliphatic carbocycles. The van der Waals surface area contributed by atoms with Crippen LogP contribution in [0.5, 0.6) is 28.7 Å². The highest BCUT2D eigenvalue weighted by atomic mass is 16.6. The van der Waals surface area contributed by atoms with E-state index in [-0.39, 0.29) is 40.8 Å². The summed E-state index contributed by atoms with van der Waals surface area (Å²) in [6.45, 7) is -0.463. The molecule has 37 heavy (non-hydrogen) atoms. The summed E-state index contributed by atoms with van der Waals surface area (Å²) in [5, 5.41) is 52.6. The summed E-state index contributed by atoms with van der Waals surface area (Å²) in [6, 6.07) is 8.62. The van der Waals surface area contributed by atoms with Crippen molar-refractivity contribution in [3.05, 3.63) is 41.5 Å². The van der Waals surface area contributed by atoms with Gasteiger partial charge >= 0.3 is 0 Å². The zero-order chi connectivity index (χ0) is 26.7. The van der Waals surface area contributed by atoms with E-state index in [2.05, 4.69) is 0 Å². The molecule has 2 aromatic carbocycles. The van der Waals surface area contributed by atoms with Crippen molar-refractivity contribution in [3.8, 4) is 28.7 Å². The molecule has 4 rings (SSSR count). The highest BCUT2D eigenvalue weighted by Gasteiger charge is 2.51. The van der Waals surface area contributed by atoms with Crippen LogP contribution in [0.25, 0.3) is 0 Å². The van der Waals surface area contributed by atoms with Gasteiger partial charge in [0.25, 0.3) is 0 Å². The topological polar surface area (TPSA) is 138 Å². The van der Waals surface area contributed by atoms with Crippen LogP contribution in [-0.4, -0.2) is 72.0 Å². The van der Waals surface area contributed by atoms with Gasteiger partial charge in [-0.15, -0.1) is 0 Å². The third kappa shape index (κ3) is 5.60. The average molecular weight is 519 g/mol. The number of rotatable bonds is 9. The molecule has 204 valence electrons. The summed E-state index contributed by atoms with van der Waals surface area (Å²) in [6.07, 6.45) is 1.19. The molecule has 0 heterocycles. The molecule has 0 radical (unpaired) electrons. The van der Waals surface area contributed by atoms with Crippen LogP contribution < -0.4 is 14.2 Å². The number of hydrogen-bond donors (Lipinski definition) is 5. The Bertz CT molecular complexity index is 1030. The SMILES string of the molecule is COc1cc(C[C@@H]2CC[C@@H]3C[C@@H](O)[C@@H](Cc4cc(OC)c(O)c(OC)c4)[C@H](O)[C@@H]3[C@H]2OCO)ccc1O. The smallest absolute Gasteiger partial charge is 0.200 e. The van der Waals surface area contributed by atoms with Gasteiger partial charge in [0.05, 0.1) is 39.6 Å². The lowest BCUT2D eigenvalue weighted by Crippen LogP contribution is -2.56. The molecule has 7 atom stereocenters. The van der Waals surface area contributed by atoms with E-state index in [1.165, 1.54) is 21.3 Å². The zero-order valence-corrected chi connectivity index (χ0v) is 21.5. The molecule has 0 spiro atoms. The second kappa shape index (κ2) is 11.8. The number of benzene rings is 2. The van der Waals surface area contributed by atoms with Crippen molar-refractivity contribution in [3.63, 3.8) is 0 Å². The first kappa shape index (κ1) is 27.3. The largest absolute Gasteiger partial charge is 0.504 e. The standard InChI is InChI=1S/C28H38O9/c1-34-22-10-15(4-7-20(22)30)8-18-6-5-17-13-21(31)19(26(32)25(17)28(18)37-14-29)9-16-11-23(35-2)27(33)24(12-16)36-3/h4,7,10-12,17-19,21,25-26,28-33H,5-6,8-9,13-14H2,1-3H3/t17-,18+,19-,21-,25-,26+,28+/m1/s1. The molecule has 9 nitrogen and oxygen atoms in total. The molecule has 2 aliphatic rings. The normalized spacial score (nSPS) is 29.4. The molecular weight excluding hydrogens is 480 g/mol. The molecule has 0 bridgehead atoms. The predicted molar refractivity (Wildman–Crippen MR) is 135 cm³/mol. The van der Waals surface area contributed by atoms with Gasteiger partial charge in [0.1, 0.15) is 6.79 Å². The van der Waals surface area contributed by atoms with Crippen molar-refractivity contribution in [1.29, 1.82) is 0 Å². The Kier molecular flexibility index (Phi) is 8.69. The number of phenolic OH excluding ortho intramolecular Hbond substituents is 2. The first-order chi connectivity index (χ1) is 17.8. The van der Waals surface area contributed by atoms with E-state index in [0.29, 0.717) is 25.0 Å². The Morgan fingerprint density at radius 1 is 0.838 bits per heavy atom. The molecule has 2 aromatic rings. The number of hydrogen-bond acceptors (Lipinski definition) is 9. The fourth-order valence-electron chi connectivity index (χ4n) is 6.41. The maximum Gasteiger partial charge on any atom is 0.200 e. The van der Waals surface area contributed by atoms with Gasteiger partial charge < -0.3 is 44.5 Å². The number of aromatic hydroxyl groups is 2. The Morgan fingerprint density at radius 2 is 1.49 bits per heavy atom. The van der Waals surface area contributed by atoms with E-state index < -0.39 is 31.0 Å². The maximum atomic E-state index is 11.6. The third-order valence-corrected chi connectivity index (χ3v) is 8.19. The Balaban J connectivity index is 1.58. The molecule has 0 saturated heterocycles. The van der Waals surface area contributed by atoms with Gasteiger partial charge in [-0.3, -0.25) is 0 Å². The van der Waals surface area contributed by atoms with Gasteiger partial charge in [-0.2, -0.15) is 0 Å². The van der Waals surface area contributed by atoms with Crippen molar-refractivity contribution in [1.82, 2.24) is 0 Å². The molecule has 2 fully saturated rings. The summed E-state index contributed by atoms with van der Waals surface area (Å²) < 4.78 is 21.7. The second-order valence-electron chi connectivity index (χ2n) is 10.2. The predicted octanol–water partition coefficient (Wildman–Crippen LogP) is 2.63. The van der Waals surface area contributed by atoms with E-state index in [4.69, 9.17) is 18.9 Å². The summed E-state index contributed by atoms with van der Waals surface area (Å²) >= 11 is 0. The number of ether oxygens (including phenoxy) is 4. The van der Waals surface area contributed by atoms with Crippen LogP contribution in [0.4, 0.5) is 0 Å². The molecule has 5 N–H and O–H groups in total. The number of methoxy groups -OCH3 is 3. The summed E-state index contributed by atoms with van der Waals surface area (Å²) in [5.41, 5.74) is 1.73. The van der Waals surface area contributed by atoms with Crippen molar-refractivity contribution in [2.45, 2.75) is 50.4 Å². The van der Waals surface area contributed by atoms with Crippen LogP contribution in [0, 0.1) is 23.7 Å². The lowest BCUT2D eigenvalue weighted by Gasteiger charge is -2.51. The molecule has 9 heteroatoms. The van der Waals surface area contributed by atoms with E-state index in [1.807, 2.05) is 6.07 Å². The fourth-order valence-corrected chi connectivity index (χ4v) is 6.41. The van der Waals surface area contributed by atoms with E-state index in [0.717, 1.165) is 24.0 Å². The van der Waals surface area contributed by atoms with Crippen LogP contribution in [0.1, 0.15) is 30.4 Å². The maximum absolute atomic E-state index is 11.6. The van der Waals surface area contributed by atoms with Crippen LogP contribution in [-0.2, 0) is 17.6 Å². The summed E-state index contributed by atoms with van der Waals surface area (Å²) in [5.74, 6) is 0.236. The Hall–Kier alpha value is -2.72. The van der Waals surface area contributed by atoms with Crippen molar-refractivity contribution in [2.75, 3.05) is 28.1 Å². The molecule has 0 unspecified atom stereocenters. The Labute approximate surface area is 217 Å². The van der Waals surface area contributed by atoms with Gasteiger partial charge in [0.2, 0.25) is 5.75 Å². The van der Waals surface area contributed by atoms with E-state index in [9.17, 15) is 25.5 Å². The second-order valence-corrected chi connectivity index (χ2v) is 10.2. The molecule has 0 amide bonds. The fraction of sp³-hybridized carbons (Fsp3) is 0.571. The first-order valence-corrected chi connectivity index (χ1v) is 12.7. The average Bonchev–Trinajstić information content (AvgIpc) is 2.89. The van der Waals surface area contributed by atoms with Crippen molar-refractivity contribution in [2.24, 2.45) is 23.7 Å². The van der Waals surface area contributed by atoms with Crippen LogP contribution in [0.15, 0.2) is 30.3 Å². The lowest BCUT2D eigenvalue weighted by molar-refractivity contribution is -0.186. The quantitative estimate of drug-likeness (QED) is 0.317. The lowest BCUT2D eigenvalue weighted by atomic mass is 9.59. The molecular formula is C28H38O9. The number of fused-ring (bicyclic) bond motifs is 1. The van der Waals surface area contributed by atoms with Gasteiger partial charge in [-0.05, 0) is 79.3 Å². The zero-order valence-electron chi connectivity index (χ0n) is 21.5. The first-order valence-electron chi connectivity index (χ1n) is 12.7. The molecule has 0 aromatic heterocycles. The van der Waals surface area contributed by atoms with E-state index >= 15 is 0 Å². The van der Waals surface area contributed by atoms with Crippen molar-refractivity contribution >= 4 is 0 Å². The highest BCUT2D eigenvalue weighted by Crippen LogP contribution is 2.48. The monoisotopic (exact) mass is 518 g/mol. The number of aliphatic hydroxyl groups excluding tert-OH is 3. The van der Waals surface area contributed by atoms with Gasteiger partial charge in [0, 0.05) is 11.8 Å².